The summed E-state index contributed by atoms with van der Waals surface area (Å²) in [5.74, 6) is -7.15. The van der Waals surface area contributed by atoms with Crippen molar-refractivity contribution in [1.82, 2.24) is 16.0 Å². The van der Waals surface area contributed by atoms with Gasteiger partial charge in [0.2, 0.25) is 17.7 Å². The van der Waals surface area contributed by atoms with Crippen LogP contribution < -0.4 is 21.7 Å². The first-order valence-electron chi connectivity index (χ1n) is 8.64. The number of carbonyl (C=O) groups is 6. The molecule has 3 unspecified atom stereocenters. The second kappa shape index (κ2) is 12.3. The van der Waals surface area contributed by atoms with Crippen molar-refractivity contribution in [3.63, 3.8) is 0 Å². The number of rotatable bonds is 13. The third-order valence-electron chi connectivity index (χ3n) is 3.73. The van der Waals surface area contributed by atoms with Gasteiger partial charge in [-0.15, -0.1) is 0 Å². The molecule has 0 aliphatic rings. The molecule has 8 N–H and O–H groups in total. The second-order valence-corrected chi connectivity index (χ2v) is 6.53. The minimum atomic E-state index is -1.58. The normalized spacial score (nSPS) is 13.7. The standard InChI is InChI=1S/C16H26N4O9/c1-7(2)13(17)16(29)20-9(5-11(23)24)15(28)19-8(3-4-10(21)22)14(27)18-6-12(25)26/h7-9,13H,3-6,17H2,1-2H3,(H,18,27)(H,19,28)(H,20,29)(H,21,22)(H,23,24)(H,25,26). The zero-order chi connectivity index (χ0) is 22.7. The smallest absolute Gasteiger partial charge is 0.322 e. The molecule has 13 heteroatoms. The van der Waals surface area contributed by atoms with Crippen LogP contribution in [0.3, 0.4) is 0 Å². The maximum absolute atomic E-state index is 12.4. The van der Waals surface area contributed by atoms with Crippen molar-refractivity contribution >= 4 is 35.6 Å². The van der Waals surface area contributed by atoms with Gasteiger partial charge >= 0.3 is 17.9 Å². The van der Waals surface area contributed by atoms with E-state index in [0.29, 0.717) is 0 Å². The van der Waals surface area contributed by atoms with Crippen molar-refractivity contribution < 1.29 is 44.1 Å². The first-order valence-corrected chi connectivity index (χ1v) is 8.64. The van der Waals surface area contributed by atoms with Crippen molar-refractivity contribution in [3.8, 4) is 0 Å². The minimum Gasteiger partial charge on any atom is -0.481 e. The average Bonchev–Trinajstić information content (AvgIpc) is 2.60. The maximum atomic E-state index is 12.4. The molecular formula is C16H26N4O9. The SMILES string of the molecule is CC(C)C(N)C(=O)NC(CC(=O)O)C(=O)NC(CCC(=O)O)C(=O)NCC(=O)O. The molecule has 0 bridgehead atoms. The quantitative estimate of drug-likeness (QED) is 0.166. The second-order valence-electron chi connectivity index (χ2n) is 6.53. The zero-order valence-corrected chi connectivity index (χ0v) is 16.0. The molecule has 0 aromatic carbocycles. The van der Waals surface area contributed by atoms with Gasteiger partial charge in [0, 0.05) is 6.42 Å². The molecule has 0 saturated carbocycles. The summed E-state index contributed by atoms with van der Waals surface area (Å²) in [6.07, 6.45) is -1.73. The zero-order valence-electron chi connectivity index (χ0n) is 16.0. The fraction of sp³-hybridized carbons (Fsp3) is 0.625. The summed E-state index contributed by atoms with van der Waals surface area (Å²) in [6.45, 7) is 2.52. The van der Waals surface area contributed by atoms with Crippen LogP contribution in [0.5, 0.6) is 0 Å². The van der Waals surface area contributed by atoms with E-state index < -0.39 is 73.1 Å². The number of nitrogens with two attached hydrogens (primary N) is 1. The monoisotopic (exact) mass is 418 g/mol. The summed E-state index contributed by atoms with van der Waals surface area (Å²) in [6, 6.07) is -4.05. The Bertz CT molecular complexity index is 650. The van der Waals surface area contributed by atoms with E-state index in [-0.39, 0.29) is 12.3 Å². The molecule has 0 saturated heterocycles. The highest BCUT2D eigenvalue weighted by Gasteiger charge is 2.30. The Kier molecular flexibility index (Phi) is 10.9. The van der Waals surface area contributed by atoms with Gasteiger partial charge in [0.1, 0.15) is 18.6 Å². The molecule has 0 aromatic rings. The molecule has 3 atom stereocenters. The van der Waals surface area contributed by atoms with Gasteiger partial charge in [-0.25, -0.2) is 0 Å². The number of carboxylic acids is 3. The van der Waals surface area contributed by atoms with Gasteiger partial charge in [-0.1, -0.05) is 13.8 Å². The number of hydrogen-bond donors (Lipinski definition) is 7. The van der Waals surface area contributed by atoms with Crippen molar-refractivity contribution in [1.29, 1.82) is 0 Å². The van der Waals surface area contributed by atoms with Gasteiger partial charge in [-0.2, -0.15) is 0 Å². The molecule has 0 aliphatic heterocycles. The Morgan fingerprint density at radius 1 is 0.793 bits per heavy atom. The Hall–Kier alpha value is -3.22. The summed E-state index contributed by atoms with van der Waals surface area (Å²) in [7, 11) is 0. The molecule has 13 nitrogen and oxygen atoms in total. The topological polar surface area (TPSA) is 225 Å². The Morgan fingerprint density at radius 2 is 1.34 bits per heavy atom. The van der Waals surface area contributed by atoms with E-state index in [4.69, 9.17) is 21.1 Å². The van der Waals surface area contributed by atoms with Crippen LogP contribution in [0.15, 0.2) is 0 Å². The van der Waals surface area contributed by atoms with Crippen LogP contribution in [0.25, 0.3) is 0 Å². The van der Waals surface area contributed by atoms with Gasteiger partial charge in [0.25, 0.3) is 0 Å². The third kappa shape index (κ3) is 10.6. The van der Waals surface area contributed by atoms with E-state index in [1.165, 1.54) is 0 Å². The van der Waals surface area contributed by atoms with Gasteiger partial charge in [-0.05, 0) is 12.3 Å². The predicted molar refractivity (Wildman–Crippen MR) is 96.4 cm³/mol. The van der Waals surface area contributed by atoms with E-state index in [1.807, 2.05) is 5.32 Å². The summed E-state index contributed by atoms with van der Waals surface area (Å²) < 4.78 is 0. The molecule has 0 radical (unpaired) electrons. The lowest BCUT2D eigenvalue weighted by atomic mass is 10.0. The van der Waals surface area contributed by atoms with Crippen LogP contribution >= 0.6 is 0 Å². The van der Waals surface area contributed by atoms with E-state index in [2.05, 4.69) is 10.6 Å². The minimum absolute atomic E-state index is 0.298. The molecule has 164 valence electrons. The fourth-order valence-corrected chi connectivity index (χ4v) is 2.05. The first kappa shape index (κ1) is 25.8. The molecule has 3 amide bonds. The molecule has 0 fully saturated rings. The largest absolute Gasteiger partial charge is 0.481 e. The summed E-state index contributed by atoms with van der Waals surface area (Å²) in [4.78, 5) is 68.9. The Balaban J connectivity index is 5.32. The Labute approximate surface area is 166 Å². The van der Waals surface area contributed by atoms with Gasteiger partial charge in [0.05, 0.1) is 12.5 Å². The molecular weight excluding hydrogens is 392 g/mol. The first-order chi connectivity index (χ1) is 13.3. The molecule has 0 aromatic heterocycles. The van der Waals surface area contributed by atoms with Crippen molar-refractivity contribution in [2.75, 3.05) is 6.54 Å². The lowest BCUT2D eigenvalue weighted by molar-refractivity contribution is -0.142. The third-order valence-corrected chi connectivity index (χ3v) is 3.73. The lowest BCUT2D eigenvalue weighted by Gasteiger charge is -2.23. The molecule has 0 aliphatic carbocycles. The highest BCUT2D eigenvalue weighted by molar-refractivity contribution is 5.95. The summed E-state index contributed by atoms with van der Waals surface area (Å²) >= 11 is 0. The van der Waals surface area contributed by atoms with Crippen LogP contribution in [0.1, 0.15) is 33.1 Å². The number of carboxylic acid groups (broad SMARTS) is 3. The molecule has 29 heavy (non-hydrogen) atoms. The van der Waals surface area contributed by atoms with Crippen molar-refractivity contribution in [2.45, 2.75) is 51.2 Å². The molecule has 0 rings (SSSR count). The highest BCUT2D eigenvalue weighted by Crippen LogP contribution is 2.04. The summed E-state index contributed by atoms with van der Waals surface area (Å²) in [5, 5.41) is 32.7. The Morgan fingerprint density at radius 3 is 1.79 bits per heavy atom. The highest BCUT2D eigenvalue weighted by atomic mass is 16.4. The summed E-state index contributed by atoms with van der Waals surface area (Å²) in [5.41, 5.74) is 5.66. The van der Waals surface area contributed by atoms with Gasteiger partial charge in [-0.3, -0.25) is 28.8 Å². The van der Waals surface area contributed by atoms with E-state index in [9.17, 15) is 28.8 Å². The van der Waals surface area contributed by atoms with Crippen molar-refractivity contribution in [2.24, 2.45) is 11.7 Å². The number of carbonyl (C=O) groups excluding carboxylic acids is 3. The lowest BCUT2D eigenvalue weighted by Crippen LogP contribution is -2.57. The number of aliphatic carboxylic acids is 3. The van der Waals surface area contributed by atoms with Crippen molar-refractivity contribution in [3.05, 3.63) is 0 Å². The van der Waals surface area contributed by atoms with E-state index in [0.717, 1.165) is 0 Å². The maximum Gasteiger partial charge on any atom is 0.322 e. The molecule has 0 heterocycles. The van der Waals surface area contributed by atoms with Gasteiger partial charge in [0.15, 0.2) is 0 Å². The number of hydrogen-bond acceptors (Lipinski definition) is 7. The van der Waals surface area contributed by atoms with Crippen LogP contribution in [-0.4, -0.2) is 75.6 Å². The van der Waals surface area contributed by atoms with Crippen LogP contribution in [-0.2, 0) is 28.8 Å². The van der Waals surface area contributed by atoms with E-state index >= 15 is 0 Å². The molecule has 0 spiro atoms. The average molecular weight is 418 g/mol. The van der Waals surface area contributed by atoms with E-state index in [1.54, 1.807) is 13.8 Å². The van der Waals surface area contributed by atoms with Crippen LogP contribution in [0, 0.1) is 5.92 Å². The van der Waals surface area contributed by atoms with Crippen LogP contribution in [0.4, 0.5) is 0 Å². The number of nitrogens with one attached hydrogen (secondary N) is 3. The number of amides is 3. The van der Waals surface area contributed by atoms with Gasteiger partial charge < -0.3 is 37.0 Å². The predicted octanol–water partition coefficient (Wildman–Crippen LogP) is -2.52. The fourth-order valence-electron chi connectivity index (χ4n) is 2.05. The van der Waals surface area contributed by atoms with Crippen LogP contribution in [0.2, 0.25) is 0 Å².